The number of alkyl halides is 3. The average Bonchev–Trinajstić information content (AvgIpc) is 2.73. The Balaban J connectivity index is 1.49. The van der Waals surface area contributed by atoms with Crippen molar-refractivity contribution in [3.63, 3.8) is 0 Å². The van der Waals surface area contributed by atoms with Gasteiger partial charge < -0.3 is 0 Å². The molecule has 1 aliphatic carbocycles. The van der Waals surface area contributed by atoms with Crippen LogP contribution < -0.4 is 0 Å². The first-order valence-corrected chi connectivity index (χ1v) is 11.0. The highest BCUT2D eigenvalue weighted by Gasteiger charge is 2.30. The van der Waals surface area contributed by atoms with Crippen LogP contribution >= 0.6 is 0 Å². The first kappa shape index (κ1) is 22.6. The van der Waals surface area contributed by atoms with Crippen molar-refractivity contribution in [2.45, 2.75) is 70.4 Å². The summed E-state index contributed by atoms with van der Waals surface area (Å²) in [5, 5.41) is 0. The lowest BCUT2D eigenvalue weighted by Gasteiger charge is -2.28. The molecule has 0 N–H and O–H groups in total. The fraction of sp³-hybridized carbons (Fsp3) is 0.462. The molecule has 0 saturated heterocycles. The van der Waals surface area contributed by atoms with Crippen LogP contribution in [0.2, 0.25) is 0 Å². The third-order valence-corrected chi connectivity index (χ3v) is 6.13. The highest BCUT2D eigenvalue weighted by molar-refractivity contribution is 5.28. The summed E-state index contributed by atoms with van der Waals surface area (Å²) in [6.45, 7) is 2.19. The number of allylic oxidation sites excluding steroid dienone is 2. The van der Waals surface area contributed by atoms with Crippen LogP contribution in [-0.4, -0.2) is 6.18 Å². The molecule has 0 radical (unpaired) electrons. The maximum Gasteiger partial charge on any atom is 0.412 e. The normalized spacial score (nSPS) is 20.4. The van der Waals surface area contributed by atoms with E-state index in [2.05, 4.69) is 55.5 Å². The molecule has 2 aromatic carbocycles. The Morgan fingerprint density at radius 3 is 1.73 bits per heavy atom. The van der Waals surface area contributed by atoms with E-state index in [-0.39, 0.29) is 6.08 Å². The Hall–Kier alpha value is -2.10. The molecule has 0 aliphatic heterocycles. The first-order valence-electron chi connectivity index (χ1n) is 11.0. The zero-order chi connectivity index (χ0) is 21.6. The second kappa shape index (κ2) is 10.3. The van der Waals surface area contributed by atoms with Gasteiger partial charge in [-0.1, -0.05) is 61.9 Å². The van der Waals surface area contributed by atoms with E-state index in [1.165, 1.54) is 22.3 Å². The molecular weight excluding hydrogens is 388 g/mol. The smallest absolute Gasteiger partial charge is 0.212 e. The van der Waals surface area contributed by atoms with Gasteiger partial charge in [-0.05, 0) is 73.1 Å². The average molecular weight is 419 g/mol. The second-order valence-electron chi connectivity index (χ2n) is 8.43. The largest absolute Gasteiger partial charge is 0.412 e. The summed E-state index contributed by atoms with van der Waals surface area (Å²) in [7, 11) is 0. The number of benzene rings is 2. The molecule has 0 amide bonds. The minimum atomic E-state index is -4.58. The molecule has 2 aromatic rings. The van der Waals surface area contributed by atoms with Gasteiger partial charge >= 0.3 is 6.18 Å². The van der Waals surface area contributed by atoms with Gasteiger partial charge in [0.2, 0.25) is 0 Å². The van der Waals surface area contributed by atoms with Gasteiger partial charge in [-0.25, -0.2) is 4.39 Å². The Kier molecular flexibility index (Phi) is 7.74. The predicted octanol–water partition coefficient (Wildman–Crippen LogP) is 8.11. The molecule has 0 spiro atoms. The zero-order valence-electron chi connectivity index (χ0n) is 17.5. The maximum atomic E-state index is 13.8. The quantitative estimate of drug-likeness (QED) is 0.398. The van der Waals surface area contributed by atoms with Gasteiger partial charge in [0.05, 0.1) is 6.08 Å². The van der Waals surface area contributed by atoms with Gasteiger partial charge in [0.15, 0.2) is 0 Å². The summed E-state index contributed by atoms with van der Waals surface area (Å²) in [5.41, 5.74) is 5.21. The molecule has 0 bridgehead atoms. The number of hydrogen-bond acceptors (Lipinski definition) is 0. The summed E-state index contributed by atoms with van der Waals surface area (Å²) in [6, 6.07) is 17.4. The molecule has 0 aromatic heterocycles. The monoisotopic (exact) mass is 418 g/mol. The molecule has 1 fully saturated rings. The Bertz CT molecular complexity index is 808. The molecule has 0 unspecified atom stereocenters. The minimum absolute atomic E-state index is 0.176. The van der Waals surface area contributed by atoms with Gasteiger partial charge in [0, 0.05) is 5.92 Å². The number of aryl methyl sites for hydroxylation is 3. The second-order valence-corrected chi connectivity index (χ2v) is 8.43. The summed E-state index contributed by atoms with van der Waals surface area (Å²) in [6.07, 6.45) is 1.91. The number of hydrogen-bond donors (Lipinski definition) is 0. The van der Waals surface area contributed by atoms with Crippen LogP contribution in [0.1, 0.15) is 67.2 Å². The third-order valence-electron chi connectivity index (χ3n) is 6.13. The van der Waals surface area contributed by atoms with Crippen LogP contribution in [0.4, 0.5) is 17.6 Å². The van der Waals surface area contributed by atoms with E-state index in [0.717, 1.165) is 38.5 Å². The fourth-order valence-electron chi connectivity index (χ4n) is 4.38. The van der Waals surface area contributed by atoms with Gasteiger partial charge in [-0.15, -0.1) is 0 Å². The first-order chi connectivity index (χ1) is 14.3. The van der Waals surface area contributed by atoms with Gasteiger partial charge in [0.25, 0.3) is 0 Å². The molecule has 3 rings (SSSR count). The van der Waals surface area contributed by atoms with Crippen LogP contribution in [0.5, 0.6) is 0 Å². The lowest BCUT2D eigenvalue weighted by Crippen LogP contribution is -2.15. The van der Waals surface area contributed by atoms with Crippen molar-refractivity contribution >= 4 is 0 Å². The van der Waals surface area contributed by atoms with Crippen molar-refractivity contribution < 1.29 is 17.6 Å². The van der Waals surface area contributed by atoms with Crippen LogP contribution in [-0.2, 0) is 19.3 Å². The molecule has 1 aliphatic rings. The third kappa shape index (κ3) is 6.72. The molecule has 162 valence electrons. The van der Waals surface area contributed by atoms with E-state index >= 15 is 0 Å². The predicted molar refractivity (Wildman–Crippen MR) is 114 cm³/mol. The summed E-state index contributed by atoms with van der Waals surface area (Å²) < 4.78 is 50.8. The van der Waals surface area contributed by atoms with Crippen molar-refractivity contribution in [2.75, 3.05) is 0 Å². The van der Waals surface area contributed by atoms with E-state index in [4.69, 9.17) is 0 Å². The molecule has 0 nitrogen and oxygen atoms in total. The Morgan fingerprint density at radius 2 is 1.27 bits per heavy atom. The van der Waals surface area contributed by atoms with Crippen LogP contribution in [0.15, 0.2) is 60.4 Å². The molecule has 4 heteroatoms. The highest BCUT2D eigenvalue weighted by Crippen LogP contribution is 2.40. The maximum absolute atomic E-state index is 13.8. The molecule has 0 atom stereocenters. The topological polar surface area (TPSA) is 0 Å². The van der Waals surface area contributed by atoms with Crippen molar-refractivity contribution in [3.8, 4) is 0 Å². The summed E-state index contributed by atoms with van der Waals surface area (Å²) in [5.74, 6) is -1.30. The van der Waals surface area contributed by atoms with Crippen molar-refractivity contribution in [1.29, 1.82) is 0 Å². The molecule has 1 saturated carbocycles. The lowest BCUT2D eigenvalue weighted by atomic mass is 9.78. The highest BCUT2D eigenvalue weighted by atomic mass is 19.4. The van der Waals surface area contributed by atoms with Gasteiger partial charge in [0.1, 0.15) is 5.83 Å². The van der Waals surface area contributed by atoms with E-state index in [0.29, 0.717) is 18.8 Å². The van der Waals surface area contributed by atoms with Crippen molar-refractivity contribution in [3.05, 3.63) is 82.7 Å². The SMILES string of the molecule is CCCc1ccc(CCc2ccc(C3CCC(C(F)=CC(F)(F)F)CC3)cc2)cc1. The van der Waals surface area contributed by atoms with Crippen LogP contribution in [0.3, 0.4) is 0 Å². The van der Waals surface area contributed by atoms with E-state index in [1.807, 2.05) is 0 Å². The van der Waals surface area contributed by atoms with E-state index < -0.39 is 17.9 Å². The molecule has 0 heterocycles. The zero-order valence-corrected chi connectivity index (χ0v) is 17.5. The Morgan fingerprint density at radius 1 is 0.800 bits per heavy atom. The van der Waals surface area contributed by atoms with E-state index in [1.54, 1.807) is 0 Å². The van der Waals surface area contributed by atoms with Crippen LogP contribution in [0, 0.1) is 5.92 Å². The van der Waals surface area contributed by atoms with Crippen molar-refractivity contribution in [1.82, 2.24) is 0 Å². The number of halogens is 4. The van der Waals surface area contributed by atoms with Crippen molar-refractivity contribution in [2.24, 2.45) is 5.92 Å². The van der Waals surface area contributed by atoms with Gasteiger partial charge in [-0.2, -0.15) is 13.2 Å². The standard InChI is InChI=1S/C26H30F4/c1-2-3-19-4-6-20(7-5-19)8-9-21-10-12-22(13-11-21)23-14-16-24(17-15-23)25(27)18-26(28,29)30/h4-7,10-13,18,23-24H,2-3,8-9,14-17H2,1H3. The Labute approximate surface area is 177 Å². The van der Waals surface area contributed by atoms with E-state index in [9.17, 15) is 17.6 Å². The molecular formula is C26H30F4. The lowest BCUT2D eigenvalue weighted by molar-refractivity contribution is -0.0820. The summed E-state index contributed by atoms with van der Waals surface area (Å²) >= 11 is 0. The minimum Gasteiger partial charge on any atom is -0.212 e. The fourth-order valence-corrected chi connectivity index (χ4v) is 4.38. The van der Waals surface area contributed by atoms with Gasteiger partial charge in [-0.3, -0.25) is 0 Å². The molecule has 30 heavy (non-hydrogen) atoms. The summed E-state index contributed by atoms with van der Waals surface area (Å²) in [4.78, 5) is 0. The van der Waals surface area contributed by atoms with Crippen LogP contribution in [0.25, 0.3) is 0 Å². The number of rotatable bonds is 7.